The molecule has 0 unspecified atom stereocenters. The Labute approximate surface area is 127 Å². The average Bonchev–Trinajstić information content (AvgIpc) is 2.46. The fourth-order valence-corrected chi connectivity index (χ4v) is 2.17. The standard InChI is InChI=1S/C16H16N2O4/c1-3-18-9-13(16(21)22)15(20)8-14(18)11-4-6-12(7-5-11)17-10(2)19/h4-9H,3H2,1-2H3,(H,17,19)(H,21,22). The van der Waals surface area contributed by atoms with Gasteiger partial charge in [-0.1, -0.05) is 12.1 Å². The predicted molar refractivity (Wildman–Crippen MR) is 83.1 cm³/mol. The van der Waals surface area contributed by atoms with Crippen molar-refractivity contribution in [2.45, 2.75) is 20.4 Å². The first-order valence-electron chi connectivity index (χ1n) is 6.78. The van der Waals surface area contributed by atoms with E-state index in [0.29, 0.717) is 17.9 Å². The number of hydrogen-bond acceptors (Lipinski definition) is 3. The number of nitrogens with zero attached hydrogens (tertiary/aromatic N) is 1. The summed E-state index contributed by atoms with van der Waals surface area (Å²) in [5.74, 6) is -1.40. The Morgan fingerprint density at radius 2 is 1.86 bits per heavy atom. The topological polar surface area (TPSA) is 88.4 Å². The zero-order valence-corrected chi connectivity index (χ0v) is 12.3. The van der Waals surface area contributed by atoms with E-state index in [1.165, 1.54) is 19.2 Å². The summed E-state index contributed by atoms with van der Waals surface area (Å²) >= 11 is 0. The molecule has 0 aliphatic carbocycles. The number of carbonyl (C=O) groups is 2. The molecule has 0 aliphatic heterocycles. The van der Waals surface area contributed by atoms with E-state index in [0.717, 1.165) is 5.56 Å². The van der Waals surface area contributed by atoms with E-state index in [2.05, 4.69) is 5.32 Å². The molecule has 1 amide bonds. The highest BCUT2D eigenvalue weighted by atomic mass is 16.4. The van der Waals surface area contributed by atoms with Crippen molar-refractivity contribution in [3.8, 4) is 11.3 Å². The van der Waals surface area contributed by atoms with Crippen molar-refractivity contribution in [1.29, 1.82) is 0 Å². The van der Waals surface area contributed by atoms with Gasteiger partial charge in [-0.15, -0.1) is 0 Å². The van der Waals surface area contributed by atoms with Gasteiger partial charge in [0.15, 0.2) is 5.43 Å². The van der Waals surface area contributed by atoms with Crippen molar-refractivity contribution in [2.75, 3.05) is 5.32 Å². The Hall–Kier alpha value is -2.89. The first-order chi connectivity index (χ1) is 10.4. The molecule has 22 heavy (non-hydrogen) atoms. The minimum absolute atomic E-state index is 0.163. The van der Waals surface area contributed by atoms with E-state index in [9.17, 15) is 14.4 Å². The highest BCUT2D eigenvalue weighted by Crippen LogP contribution is 2.21. The molecule has 114 valence electrons. The van der Waals surface area contributed by atoms with E-state index in [1.807, 2.05) is 6.92 Å². The summed E-state index contributed by atoms with van der Waals surface area (Å²) in [6.07, 6.45) is 1.35. The molecule has 0 bridgehead atoms. The SMILES string of the molecule is CCn1cc(C(=O)O)c(=O)cc1-c1ccc(NC(C)=O)cc1. The van der Waals surface area contributed by atoms with Gasteiger partial charge in [0.25, 0.3) is 0 Å². The number of anilines is 1. The summed E-state index contributed by atoms with van der Waals surface area (Å²) in [4.78, 5) is 33.9. The fraction of sp³-hybridized carbons (Fsp3) is 0.188. The zero-order valence-electron chi connectivity index (χ0n) is 12.3. The molecule has 2 N–H and O–H groups in total. The highest BCUT2D eigenvalue weighted by Gasteiger charge is 2.13. The Kier molecular flexibility index (Phi) is 4.41. The van der Waals surface area contributed by atoms with Gasteiger partial charge in [0.1, 0.15) is 5.56 Å². The van der Waals surface area contributed by atoms with Crippen LogP contribution < -0.4 is 10.7 Å². The van der Waals surface area contributed by atoms with Crippen LogP contribution in [0.2, 0.25) is 0 Å². The molecule has 0 spiro atoms. The number of carbonyl (C=O) groups excluding carboxylic acids is 1. The molecule has 0 fully saturated rings. The monoisotopic (exact) mass is 300 g/mol. The smallest absolute Gasteiger partial charge is 0.341 e. The lowest BCUT2D eigenvalue weighted by Crippen LogP contribution is -2.18. The lowest BCUT2D eigenvalue weighted by atomic mass is 10.1. The van der Waals surface area contributed by atoms with Gasteiger partial charge in [-0.25, -0.2) is 4.79 Å². The summed E-state index contributed by atoms with van der Waals surface area (Å²) in [6.45, 7) is 3.82. The molecule has 1 aromatic heterocycles. The number of carboxylic acids is 1. The van der Waals surface area contributed by atoms with Crippen LogP contribution in [0.5, 0.6) is 0 Å². The Bertz CT molecular complexity index is 776. The Balaban J connectivity index is 2.48. The summed E-state index contributed by atoms with van der Waals surface area (Å²) in [5.41, 5.74) is 1.28. The van der Waals surface area contributed by atoms with Crippen molar-refractivity contribution >= 4 is 17.6 Å². The lowest BCUT2D eigenvalue weighted by Gasteiger charge is -2.13. The molecule has 2 rings (SSSR count). The van der Waals surface area contributed by atoms with Crippen LogP contribution in [-0.2, 0) is 11.3 Å². The molecule has 0 atom stereocenters. The van der Waals surface area contributed by atoms with Crippen molar-refractivity contribution in [3.63, 3.8) is 0 Å². The van der Waals surface area contributed by atoms with Gasteiger partial charge in [-0.3, -0.25) is 9.59 Å². The maximum Gasteiger partial charge on any atom is 0.341 e. The van der Waals surface area contributed by atoms with Crippen LogP contribution in [0.1, 0.15) is 24.2 Å². The van der Waals surface area contributed by atoms with Crippen molar-refractivity contribution < 1.29 is 14.7 Å². The van der Waals surface area contributed by atoms with Crippen molar-refractivity contribution in [2.24, 2.45) is 0 Å². The number of hydrogen-bond donors (Lipinski definition) is 2. The molecule has 0 saturated carbocycles. The molecule has 0 radical (unpaired) electrons. The molecule has 2 aromatic rings. The molecule has 6 heteroatoms. The maximum absolute atomic E-state index is 11.9. The second-order valence-electron chi connectivity index (χ2n) is 4.79. The number of nitrogens with one attached hydrogen (secondary N) is 1. The van der Waals surface area contributed by atoms with Gasteiger partial charge in [0.05, 0.1) is 5.69 Å². The second-order valence-corrected chi connectivity index (χ2v) is 4.79. The molecule has 1 heterocycles. The van der Waals surface area contributed by atoms with Gasteiger partial charge >= 0.3 is 5.97 Å². The van der Waals surface area contributed by atoms with Gasteiger partial charge in [-0.2, -0.15) is 0 Å². The van der Waals surface area contributed by atoms with Crippen LogP contribution in [0.3, 0.4) is 0 Å². The first-order valence-corrected chi connectivity index (χ1v) is 6.78. The summed E-state index contributed by atoms with van der Waals surface area (Å²) < 4.78 is 1.71. The molecule has 0 aliphatic rings. The normalized spacial score (nSPS) is 10.3. The van der Waals surface area contributed by atoms with Gasteiger partial charge in [0, 0.05) is 31.4 Å². The van der Waals surface area contributed by atoms with E-state index in [4.69, 9.17) is 5.11 Å². The molecular weight excluding hydrogens is 284 g/mol. The summed E-state index contributed by atoms with van der Waals surface area (Å²) in [6, 6.07) is 8.32. The van der Waals surface area contributed by atoms with Gasteiger partial charge in [-0.05, 0) is 24.6 Å². The summed E-state index contributed by atoms with van der Waals surface area (Å²) in [5, 5.41) is 11.7. The van der Waals surface area contributed by atoms with E-state index in [1.54, 1.807) is 28.8 Å². The van der Waals surface area contributed by atoms with Crippen LogP contribution in [0, 0.1) is 0 Å². The largest absolute Gasteiger partial charge is 0.477 e. The summed E-state index contributed by atoms with van der Waals surface area (Å²) in [7, 11) is 0. The number of rotatable bonds is 4. The van der Waals surface area contributed by atoms with Crippen LogP contribution in [0.4, 0.5) is 5.69 Å². The van der Waals surface area contributed by atoms with Crippen LogP contribution in [0.15, 0.2) is 41.3 Å². The van der Waals surface area contributed by atoms with Crippen LogP contribution in [0.25, 0.3) is 11.3 Å². The third-order valence-electron chi connectivity index (χ3n) is 3.20. The molecule has 6 nitrogen and oxygen atoms in total. The molecule has 1 aromatic carbocycles. The van der Waals surface area contributed by atoms with Crippen molar-refractivity contribution in [1.82, 2.24) is 4.57 Å². The second kappa shape index (κ2) is 6.26. The fourth-order valence-electron chi connectivity index (χ4n) is 2.17. The predicted octanol–water partition coefficient (Wildman–Crippen LogP) is 2.19. The average molecular weight is 300 g/mol. The minimum Gasteiger partial charge on any atom is -0.477 e. The van der Waals surface area contributed by atoms with E-state index >= 15 is 0 Å². The highest BCUT2D eigenvalue weighted by molar-refractivity contribution is 5.89. The number of amides is 1. The number of benzene rings is 1. The van der Waals surface area contributed by atoms with Crippen LogP contribution in [-0.4, -0.2) is 21.6 Å². The maximum atomic E-state index is 11.9. The van der Waals surface area contributed by atoms with E-state index < -0.39 is 11.4 Å². The number of carboxylic acid groups (broad SMARTS) is 1. The Morgan fingerprint density at radius 3 is 2.36 bits per heavy atom. The van der Waals surface area contributed by atoms with Crippen molar-refractivity contribution in [3.05, 3.63) is 52.3 Å². The third kappa shape index (κ3) is 3.22. The lowest BCUT2D eigenvalue weighted by molar-refractivity contribution is -0.114. The van der Waals surface area contributed by atoms with Gasteiger partial charge < -0.3 is 15.0 Å². The number of pyridine rings is 1. The minimum atomic E-state index is -1.24. The van der Waals surface area contributed by atoms with Crippen LogP contribution >= 0.6 is 0 Å². The Morgan fingerprint density at radius 1 is 1.23 bits per heavy atom. The molecular formula is C16H16N2O4. The molecule has 0 saturated heterocycles. The number of aryl methyl sites for hydroxylation is 1. The van der Waals surface area contributed by atoms with E-state index in [-0.39, 0.29) is 11.5 Å². The number of aromatic nitrogens is 1. The third-order valence-corrected chi connectivity index (χ3v) is 3.20. The number of aromatic carboxylic acids is 1. The zero-order chi connectivity index (χ0) is 16.3. The van der Waals surface area contributed by atoms with Gasteiger partial charge in [0.2, 0.25) is 5.91 Å². The quantitative estimate of drug-likeness (QED) is 0.906. The first kappa shape index (κ1) is 15.5.